The van der Waals surface area contributed by atoms with Crippen LogP contribution in [0.5, 0.6) is 0 Å². The van der Waals surface area contributed by atoms with Crippen LogP contribution in [0.15, 0.2) is 18.2 Å². The van der Waals surface area contributed by atoms with Gasteiger partial charge in [-0.15, -0.1) is 0 Å². The highest BCUT2D eigenvalue weighted by atomic mass is 14.4. The van der Waals surface area contributed by atoms with Gasteiger partial charge in [-0.05, 0) is 43.9 Å². The molecule has 0 saturated carbocycles. The fourth-order valence-corrected chi connectivity index (χ4v) is 2.00. The van der Waals surface area contributed by atoms with Gasteiger partial charge in [-0.25, -0.2) is 0 Å². The van der Waals surface area contributed by atoms with Crippen LogP contribution in [0.3, 0.4) is 0 Å². The summed E-state index contributed by atoms with van der Waals surface area (Å²) in [6.45, 7) is 8.23. The molecule has 14 heavy (non-hydrogen) atoms. The molecule has 0 radical (unpaired) electrons. The molecule has 0 heterocycles. The molecule has 1 nitrogen and oxygen atoms in total. The smallest absolute Gasteiger partial charge is 0.0796 e. The molecule has 0 amide bonds. The largest absolute Gasteiger partial charge is 0.197 e. The lowest BCUT2D eigenvalue weighted by atomic mass is 9.77. The van der Waals surface area contributed by atoms with E-state index in [-0.39, 0.29) is 5.41 Å². The molecule has 0 spiro atoms. The van der Waals surface area contributed by atoms with E-state index in [1.807, 2.05) is 13.0 Å². The predicted octanol–water partition coefficient (Wildman–Crippen LogP) is 3.49. The Morgan fingerprint density at radius 1 is 1.29 bits per heavy atom. The van der Waals surface area contributed by atoms with Gasteiger partial charge in [-0.3, -0.25) is 0 Å². The third kappa shape index (κ3) is 1.65. The van der Waals surface area contributed by atoms with Gasteiger partial charge < -0.3 is 0 Å². The molecule has 0 aliphatic heterocycles. The van der Waals surface area contributed by atoms with Gasteiger partial charge in [-0.1, -0.05) is 25.1 Å². The van der Waals surface area contributed by atoms with E-state index in [0.717, 1.165) is 6.42 Å². The third-order valence-electron chi connectivity index (χ3n) is 2.99. The van der Waals surface area contributed by atoms with E-state index in [1.54, 1.807) is 0 Å². The van der Waals surface area contributed by atoms with E-state index in [1.165, 1.54) is 16.7 Å². The Kier molecular flexibility index (Phi) is 2.96. The Morgan fingerprint density at radius 2 is 1.79 bits per heavy atom. The molecule has 1 aromatic carbocycles. The molecule has 1 rings (SSSR count). The Bertz CT molecular complexity index is 353. The van der Waals surface area contributed by atoms with Gasteiger partial charge in [-0.2, -0.15) is 5.26 Å². The van der Waals surface area contributed by atoms with E-state index in [9.17, 15) is 5.26 Å². The second-order valence-corrected chi connectivity index (χ2v) is 4.06. The monoisotopic (exact) mass is 187 g/mol. The predicted molar refractivity (Wildman–Crippen MR) is 59.2 cm³/mol. The first-order valence-corrected chi connectivity index (χ1v) is 5.03. The maximum absolute atomic E-state index is 9.24. The highest BCUT2D eigenvalue weighted by molar-refractivity contribution is 5.43. The van der Waals surface area contributed by atoms with Gasteiger partial charge in [0.2, 0.25) is 0 Å². The molecule has 74 valence electrons. The van der Waals surface area contributed by atoms with E-state index in [0.29, 0.717) is 0 Å². The summed E-state index contributed by atoms with van der Waals surface area (Å²) in [4.78, 5) is 0. The van der Waals surface area contributed by atoms with E-state index >= 15 is 0 Å². The fraction of sp³-hybridized carbons (Fsp3) is 0.462. The number of rotatable bonds is 2. The van der Waals surface area contributed by atoms with Crippen LogP contribution < -0.4 is 0 Å². The minimum atomic E-state index is -0.338. The summed E-state index contributed by atoms with van der Waals surface area (Å²) in [6, 6.07) is 8.62. The first-order valence-electron chi connectivity index (χ1n) is 5.03. The van der Waals surface area contributed by atoms with Crippen molar-refractivity contribution < 1.29 is 0 Å². The molecule has 0 saturated heterocycles. The van der Waals surface area contributed by atoms with Crippen molar-refractivity contribution in [2.45, 2.75) is 39.5 Å². The summed E-state index contributed by atoms with van der Waals surface area (Å²) >= 11 is 0. The van der Waals surface area contributed by atoms with Crippen LogP contribution in [0.4, 0.5) is 0 Å². The summed E-state index contributed by atoms with van der Waals surface area (Å²) in [7, 11) is 0. The molecule has 1 heteroatoms. The fourth-order valence-electron chi connectivity index (χ4n) is 2.00. The van der Waals surface area contributed by atoms with Gasteiger partial charge in [0.15, 0.2) is 0 Å². The Hall–Kier alpha value is -1.29. The molecule has 0 aromatic heterocycles. The van der Waals surface area contributed by atoms with Crippen molar-refractivity contribution in [2.24, 2.45) is 0 Å². The van der Waals surface area contributed by atoms with Gasteiger partial charge >= 0.3 is 0 Å². The van der Waals surface area contributed by atoms with Crippen LogP contribution in [0.25, 0.3) is 0 Å². The molecule has 1 aromatic rings. The molecule has 1 unspecified atom stereocenters. The zero-order valence-electron chi connectivity index (χ0n) is 9.39. The molecule has 0 N–H and O–H groups in total. The first kappa shape index (κ1) is 10.8. The molecule has 0 fully saturated rings. The summed E-state index contributed by atoms with van der Waals surface area (Å²) < 4.78 is 0. The second kappa shape index (κ2) is 3.84. The van der Waals surface area contributed by atoms with E-state index < -0.39 is 0 Å². The van der Waals surface area contributed by atoms with Crippen LogP contribution in [0, 0.1) is 25.2 Å². The number of hydrogen-bond donors (Lipinski definition) is 0. The van der Waals surface area contributed by atoms with Crippen molar-refractivity contribution in [3.8, 4) is 6.07 Å². The van der Waals surface area contributed by atoms with Gasteiger partial charge in [0.05, 0.1) is 11.5 Å². The topological polar surface area (TPSA) is 23.8 Å². The van der Waals surface area contributed by atoms with E-state index in [4.69, 9.17) is 0 Å². The summed E-state index contributed by atoms with van der Waals surface area (Å²) in [6.07, 6.45) is 0.856. The van der Waals surface area contributed by atoms with Crippen molar-refractivity contribution >= 4 is 0 Å². The normalized spacial score (nSPS) is 14.5. The summed E-state index contributed by atoms with van der Waals surface area (Å²) in [5, 5.41) is 9.24. The number of nitriles is 1. The zero-order chi connectivity index (χ0) is 10.8. The van der Waals surface area contributed by atoms with Crippen LogP contribution in [-0.4, -0.2) is 0 Å². The van der Waals surface area contributed by atoms with Crippen molar-refractivity contribution in [3.05, 3.63) is 34.9 Å². The maximum atomic E-state index is 9.24. The van der Waals surface area contributed by atoms with Gasteiger partial charge in [0, 0.05) is 0 Å². The average molecular weight is 187 g/mol. The highest BCUT2D eigenvalue weighted by Gasteiger charge is 2.27. The van der Waals surface area contributed by atoms with Crippen molar-refractivity contribution in [2.75, 3.05) is 0 Å². The van der Waals surface area contributed by atoms with Crippen LogP contribution in [0.2, 0.25) is 0 Å². The minimum absolute atomic E-state index is 0.338. The van der Waals surface area contributed by atoms with Crippen molar-refractivity contribution in [1.82, 2.24) is 0 Å². The van der Waals surface area contributed by atoms with Gasteiger partial charge in [0.25, 0.3) is 0 Å². The average Bonchev–Trinajstić information content (AvgIpc) is 2.17. The zero-order valence-corrected chi connectivity index (χ0v) is 9.39. The molecule has 0 aliphatic rings. The third-order valence-corrected chi connectivity index (χ3v) is 2.99. The minimum Gasteiger partial charge on any atom is -0.197 e. The number of hydrogen-bond acceptors (Lipinski definition) is 1. The molecule has 1 atom stereocenters. The standard InChI is InChI=1S/C13H17N/c1-5-13(4,9-14)12-10(2)7-6-8-11(12)3/h6-8H,5H2,1-4H3. The van der Waals surface area contributed by atoms with Crippen molar-refractivity contribution in [1.29, 1.82) is 5.26 Å². The lowest BCUT2D eigenvalue weighted by molar-refractivity contribution is 0.580. The van der Waals surface area contributed by atoms with Gasteiger partial charge in [0.1, 0.15) is 0 Å². The molecule has 0 aliphatic carbocycles. The first-order chi connectivity index (χ1) is 6.55. The van der Waals surface area contributed by atoms with Crippen LogP contribution in [0.1, 0.15) is 37.0 Å². The van der Waals surface area contributed by atoms with E-state index in [2.05, 4.69) is 39.0 Å². The summed E-state index contributed by atoms with van der Waals surface area (Å²) in [5.41, 5.74) is 3.30. The Labute approximate surface area is 86.4 Å². The Morgan fingerprint density at radius 3 is 2.14 bits per heavy atom. The maximum Gasteiger partial charge on any atom is 0.0796 e. The number of aryl methyl sites for hydroxylation is 2. The number of benzene rings is 1. The Balaban J connectivity index is 3.39. The lowest BCUT2D eigenvalue weighted by Crippen LogP contribution is -2.20. The lowest BCUT2D eigenvalue weighted by Gasteiger charge is -2.24. The quantitative estimate of drug-likeness (QED) is 0.695. The molecular formula is C13H17N. The molecule has 0 bridgehead atoms. The summed E-state index contributed by atoms with van der Waals surface area (Å²) in [5.74, 6) is 0. The second-order valence-electron chi connectivity index (χ2n) is 4.06. The molecular weight excluding hydrogens is 170 g/mol. The van der Waals surface area contributed by atoms with Crippen LogP contribution in [-0.2, 0) is 5.41 Å². The number of nitrogens with zero attached hydrogens (tertiary/aromatic N) is 1. The highest BCUT2D eigenvalue weighted by Crippen LogP contribution is 2.31. The van der Waals surface area contributed by atoms with Crippen molar-refractivity contribution in [3.63, 3.8) is 0 Å². The SMILES string of the molecule is CCC(C)(C#N)c1c(C)cccc1C. The van der Waals surface area contributed by atoms with Crippen LogP contribution >= 0.6 is 0 Å².